The van der Waals surface area contributed by atoms with Crippen LogP contribution >= 0.6 is 11.6 Å². The normalized spacial score (nSPS) is 11.0. The van der Waals surface area contributed by atoms with E-state index in [1.807, 2.05) is 14.1 Å². The van der Waals surface area contributed by atoms with Crippen LogP contribution in [-0.4, -0.2) is 32.1 Å². The van der Waals surface area contributed by atoms with Crippen molar-refractivity contribution in [1.82, 2.24) is 10.2 Å². The van der Waals surface area contributed by atoms with E-state index in [4.69, 9.17) is 11.6 Å². The topological polar surface area (TPSA) is 15.3 Å². The van der Waals surface area contributed by atoms with Crippen LogP contribution < -0.4 is 5.32 Å². The van der Waals surface area contributed by atoms with Crippen molar-refractivity contribution in [1.29, 1.82) is 0 Å². The molecule has 0 unspecified atom stereocenters. The monoisotopic (exact) mass is 230 g/mol. The van der Waals surface area contributed by atoms with Gasteiger partial charge in [0.25, 0.3) is 0 Å². The van der Waals surface area contributed by atoms with E-state index in [1.54, 1.807) is 12.1 Å². The highest BCUT2D eigenvalue weighted by Crippen LogP contribution is 2.15. The maximum Gasteiger partial charge on any atom is 0.129 e. The Morgan fingerprint density at radius 1 is 1.47 bits per heavy atom. The van der Waals surface area contributed by atoms with Gasteiger partial charge in [-0.15, -0.1) is 0 Å². The third kappa shape index (κ3) is 4.16. The molecule has 0 heterocycles. The van der Waals surface area contributed by atoms with Crippen molar-refractivity contribution >= 4 is 11.6 Å². The molecule has 1 aromatic rings. The predicted molar refractivity (Wildman–Crippen MR) is 61.7 cm³/mol. The number of benzene rings is 1. The molecule has 0 amide bonds. The highest BCUT2D eigenvalue weighted by molar-refractivity contribution is 6.30. The molecule has 1 N–H and O–H groups in total. The molecule has 84 valence electrons. The van der Waals surface area contributed by atoms with Crippen LogP contribution in [0.25, 0.3) is 0 Å². The summed E-state index contributed by atoms with van der Waals surface area (Å²) in [4.78, 5) is 2.06. The summed E-state index contributed by atoms with van der Waals surface area (Å²) in [6.45, 7) is 2.38. The summed E-state index contributed by atoms with van der Waals surface area (Å²) < 4.78 is 13.4. The third-order valence-electron chi connectivity index (χ3n) is 2.20. The molecule has 0 bridgehead atoms. The van der Waals surface area contributed by atoms with E-state index >= 15 is 0 Å². The Hall–Kier alpha value is -0.640. The molecule has 0 radical (unpaired) electrons. The standard InChI is InChI=1S/C11H16ClFN2/c1-14-5-6-15(2)8-9-3-4-10(12)7-11(9)13/h3-4,7,14H,5-6,8H2,1-2H3. The average Bonchev–Trinajstić information content (AvgIpc) is 2.19. The SMILES string of the molecule is CNCCN(C)Cc1ccc(Cl)cc1F. The number of nitrogens with zero attached hydrogens (tertiary/aromatic N) is 1. The van der Waals surface area contributed by atoms with Gasteiger partial charge in [0.2, 0.25) is 0 Å². The zero-order valence-electron chi connectivity index (χ0n) is 9.06. The minimum atomic E-state index is -0.237. The summed E-state index contributed by atoms with van der Waals surface area (Å²) in [5.41, 5.74) is 0.679. The summed E-state index contributed by atoms with van der Waals surface area (Å²) in [6.07, 6.45) is 0. The molecule has 0 saturated heterocycles. The highest BCUT2D eigenvalue weighted by Gasteiger charge is 2.05. The molecule has 0 aliphatic rings. The molecule has 0 aliphatic heterocycles. The second-order valence-electron chi connectivity index (χ2n) is 3.58. The van der Waals surface area contributed by atoms with E-state index in [1.165, 1.54) is 6.07 Å². The molecule has 0 aliphatic carbocycles. The van der Waals surface area contributed by atoms with Crippen LogP contribution in [0.4, 0.5) is 4.39 Å². The summed E-state index contributed by atoms with van der Waals surface area (Å²) in [5.74, 6) is -0.237. The van der Waals surface area contributed by atoms with Crippen LogP contribution in [0, 0.1) is 5.82 Å². The summed E-state index contributed by atoms with van der Waals surface area (Å²) >= 11 is 5.67. The minimum Gasteiger partial charge on any atom is -0.318 e. The molecular formula is C11H16ClFN2. The molecule has 4 heteroatoms. The molecule has 2 nitrogen and oxygen atoms in total. The van der Waals surface area contributed by atoms with Crippen molar-refractivity contribution in [3.63, 3.8) is 0 Å². The van der Waals surface area contributed by atoms with Gasteiger partial charge in [0.15, 0.2) is 0 Å². The fourth-order valence-electron chi connectivity index (χ4n) is 1.32. The van der Waals surface area contributed by atoms with Crippen LogP contribution in [0.2, 0.25) is 5.02 Å². The van der Waals surface area contributed by atoms with Crippen LogP contribution in [-0.2, 0) is 6.54 Å². The van der Waals surface area contributed by atoms with Crippen molar-refractivity contribution in [3.05, 3.63) is 34.6 Å². The van der Waals surface area contributed by atoms with Gasteiger partial charge in [-0.05, 0) is 26.2 Å². The molecule has 0 spiro atoms. The van der Waals surface area contributed by atoms with E-state index in [0.29, 0.717) is 17.1 Å². The average molecular weight is 231 g/mol. The largest absolute Gasteiger partial charge is 0.318 e. The van der Waals surface area contributed by atoms with Gasteiger partial charge in [0, 0.05) is 30.2 Å². The lowest BCUT2D eigenvalue weighted by Crippen LogP contribution is -2.27. The summed E-state index contributed by atoms with van der Waals surface area (Å²) in [7, 11) is 3.86. The lowest BCUT2D eigenvalue weighted by atomic mass is 10.2. The summed E-state index contributed by atoms with van der Waals surface area (Å²) in [5, 5.41) is 3.49. The highest BCUT2D eigenvalue weighted by atomic mass is 35.5. The number of hydrogen-bond donors (Lipinski definition) is 1. The molecule has 0 fully saturated rings. The summed E-state index contributed by atoms with van der Waals surface area (Å²) in [6, 6.07) is 4.79. The first-order valence-electron chi connectivity index (χ1n) is 4.90. The predicted octanol–water partition coefficient (Wildman–Crippen LogP) is 2.13. The van der Waals surface area contributed by atoms with Gasteiger partial charge < -0.3 is 10.2 Å². The first kappa shape index (κ1) is 12.4. The van der Waals surface area contributed by atoms with E-state index in [9.17, 15) is 4.39 Å². The fourth-order valence-corrected chi connectivity index (χ4v) is 1.48. The van der Waals surface area contributed by atoms with E-state index in [0.717, 1.165) is 13.1 Å². The fraction of sp³-hybridized carbons (Fsp3) is 0.455. The number of rotatable bonds is 5. The van der Waals surface area contributed by atoms with Gasteiger partial charge in [-0.3, -0.25) is 0 Å². The Morgan fingerprint density at radius 2 is 2.20 bits per heavy atom. The first-order chi connectivity index (χ1) is 7.13. The van der Waals surface area contributed by atoms with Crippen molar-refractivity contribution in [2.45, 2.75) is 6.54 Å². The number of likely N-dealkylation sites (N-methyl/N-ethyl adjacent to an activating group) is 2. The van der Waals surface area contributed by atoms with Crippen molar-refractivity contribution in [3.8, 4) is 0 Å². The van der Waals surface area contributed by atoms with E-state index in [-0.39, 0.29) is 5.82 Å². The van der Waals surface area contributed by atoms with Gasteiger partial charge >= 0.3 is 0 Å². The van der Waals surface area contributed by atoms with Crippen molar-refractivity contribution < 1.29 is 4.39 Å². The van der Waals surface area contributed by atoms with Crippen molar-refractivity contribution in [2.24, 2.45) is 0 Å². The minimum absolute atomic E-state index is 0.237. The van der Waals surface area contributed by atoms with Crippen LogP contribution in [0.15, 0.2) is 18.2 Å². The Morgan fingerprint density at radius 3 is 2.80 bits per heavy atom. The van der Waals surface area contributed by atoms with Crippen LogP contribution in [0.5, 0.6) is 0 Å². The lowest BCUT2D eigenvalue weighted by Gasteiger charge is -2.16. The molecule has 1 aromatic carbocycles. The molecular weight excluding hydrogens is 215 g/mol. The number of halogens is 2. The van der Waals surface area contributed by atoms with E-state index < -0.39 is 0 Å². The van der Waals surface area contributed by atoms with Crippen molar-refractivity contribution in [2.75, 3.05) is 27.2 Å². The van der Waals surface area contributed by atoms with E-state index in [2.05, 4.69) is 10.2 Å². The van der Waals surface area contributed by atoms with Crippen LogP contribution in [0.1, 0.15) is 5.56 Å². The zero-order valence-corrected chi connectivity index (χ0v) is 9.81. The van der Waals surface area contributed by atoms with Gasteiger partial charge in [0.05, 0.1) is 0 Å². The lowest BCUT2D eigenvalue weighted by molar-refractivity contribution is 0.322. The van der Waals surface area contributed by atoms with Gasteiger partial charge in [-0.25, -0.2) is 4.39 Å². The second kappa shape index (κ2) is 6.05. The quantitative estimate of drug-likeness (QED) is 0.834. The van der Waals surface area contributed by atoms with Gasteiger partial charge in [-0.2, -0.15) is 0 Å². The van der Waals surface area contributed by atoms with Gasteiger partial charge in [-0.1, -0.05) is 17.7 Å². The molecule has 15 heavy (non-hydrogen) atoms. The Balaban J connectivity index is 2.56. The van der Waals surface area contributed by atoms with Crippen LogP contribution in [0.3, 0.4) is 0 Å². The number of hydrogen-bond acceptors (Lipinski definition) is 2. The molecule has 0 aromatic heterocycles. The smallest absolute Gasteiger partial charge is 0.129 e. The second-order valence-corrected chi connectivity index (χ2v) is 4.01. The third-order valence-corrected chi connectivity index (χ3v) is 2.43. The molecule has 1 rings (SSSR count). The Bertz CT molecular complexity index is 317. The van der Waals surface area contributed by atoms with Gasteiger partial charge in [0.1, 0.15) is 5.82 Å². The maximum absolute atomic E-state index is 13.4. The molecule has 0 atom stereocenters. The zero-order chi connectivity index (χ0) is 11.3. The Labute approximate surface area is 95.0 Å². The molecule has 0 saturated carbocycles. The number of nitrogens with one attached hydrogen (secondary N) is 1. The first-order valence-corrected chi connectivity index (χ1v) is 5.28. The maximum atomic E-state index is 13.4. The Kier molecular flexibility index (Phi) is 5.02.